The van der Waals surface area contributed by atoms with E-state index in [1.807, 2.05) is 18.2 Å². The second-order valence-corrected chi connectivity index (χ2v) is 6.36. The van der Waals surface area contributed by atoms with Crippen LogP contribution in [0.2, 0.25) is 0 Å². The minimum atomic E-state index is -0.137. The summed E-state index contributed by atoms with van der Waals surface area (Å²) >= 11 is 0. The van der Waals surface area contributed by atoms with Crippen LogP contribution in [0, 0.1) is 0 Å². The van der Waals surface area contributed by atoms with E-state index in [-0.39, 0.29) is 30.3 Å². The van der Waals surface area contributed by atoms with Crippen molar-refractivity contribution in [3.63, 3.8) is 0 Å². The SMILES string of the molecule is CCC(=O)Nc1cccc(C(=O)NC2CCCc3cc(N)ccc32)c1.Cl. The van der Waals surface area contributed by atoms with Gasteiger partial charge in [0.25, 0.3) is 5.91 Å². The van der Waals surface area contributed by atoms with E-state index in [1.165, 1.54) is 5.56 Å². The number of carbonyl (C=O) groups excluding carboxylic acids is 2. The van der Waals surface area contributed by atoms with Gasteiger partial charge in [-0.2, -0.15) is 0 Å². The number of carbonyl (C=O) groups is 2. The van der Waals surface area contributed by atoms with Gasteiger partial charge in [0.15, 0.2) is 0 Å². The zero-order valence-corrected chi connectivity index (χ0v) is 15.6. The Morgan fingerprint density at radius 3 is 2.77 bits per heavy atom. The third-order valence-corrected chi connectivity index (χ3v) is 4.52. The van der Waals surface area contributed by atoms with Crippen LogP contribution in [0.3, 0.4) is 0 Å². The lowest BCUT2D eigenvalue weighted by molar-refractivity contribution is -0.115. The molecule has 1 aliphatic carbocycles. The van der Waals surface area contributed by atoms with Gasteiger partial charge in [-0.05, 0) is 60.7 Å². The van der Waals surface area contributed by atoms with Gasteiger partial charge in [0, 0.05) is 23.4 Å². The lowest BCUT2D eigenvalue weighted by Gasteiger charge is -2.26. The molecule has 3 rings (SSSR count). The number of fused-ring (bicyclic) bond motifs is 1. The summed E-state index contributed by atoms with van der Waals surface area (Å²) in [6.07, 6.45) is 3.33. The van der Waals surface area contributed by atoms with E-state index in [4.69, 9.17) is 5.73 Å². The summed E-state index contributed by atoms with van der Waals surface area (Å²) in [6, 6.07) is 12.9. The normalized spacial score (nSPS) is 15.3. The van der Waals surface area contributed by atoms with E-state index >= 15 is 0 Å². The lowest BCUT2D eigenvalue weighted by Crippen LogP contribution is -2.31. The van der Waals surface area contributed by atoms with E-state index in [9.17, 15) is 9.59 Å². The van der Waals surface area contributed by atoms with E-state index in [0.717, 1.165) is 30.5 Å². The van der Waals surface area contributed by atoms with E-state index in [1.54, 1.807) is 31.2 Å². The fourth-order valence-corrected chi connectivity index (χ4v) is 3.21. The molecule has 1 atom stereocenters. The molecule has 1 aliphatic rings. The first-order valence-electron chi connectivity index (χ1n) is 8.66. The summed E-state index contributed by atoms with van der Waals surface area (Å²) in [4.78, 5) is 24.2. The maximum absolute atomic E-state index is 12.6. The molecular formula is C20H24ClN3O2. The summed E-state index contributed by atoms with van der Waals surface area (Å²) in [6.45, 7) is 1.79. The Hall–Kier alpha value is -2.53. The van der Waals surface area contributed by atoms with Crippen LogP contribution in [0.5, 0.6) is 0 Å². The molecular weight excluding hydrogens is 350 g/mol. The maximum Gasteiger partial charge on any atom is 0.251 e. The third-order valence-electron chi connectivity index (χ3n) is 4.52. The Morgan fingerprint density at radius 2 is 2.00 bits per heavy atom. The average molecular weight is 374 g/mol. The largest absolute Gasteiger partial charge is 0.399 e. The van der Waals surface area contributed by atoms with Crippen LogP contribution in [0.25, 0.3) is 0 Å². The molecule has 138 valence electrons. The molecule has 2 aromatic rings. The van der Waals surface area contributed by atoms with Crippen molar-refractivity contribution >= 4 is 35.6 Å². The first-order valence-corrected chi connectivity index (χ1v) is 8.66. The van der Waals surface area contributed by atoms with Crippen LogP contribution >= 0.6 is 12.4 Å². The summed E-state index contributed by atoms with van der Waals surface area (Å²) < 4.78 is 0. The zero-order chi connectivity index (χ0) is 17.8. The van der Waals surface area contributed by atoms with Crippen LogP contribution < -0.4 is 16.4 Å². The van der Waals surface area contributed by atoms with E-state index in [2.05, 4.69) is 10.6 Å². The third kappa shape index (κ3) is 4.55. The highest BCUT2D eigenvalue weighted by Gasteiger charge is 2.22. The smallest absolute Gasteiger partial charge is 0.251 e. The van der Waals surface area contributed by atoms with Gasteiger partial charge in [0.2, 0.25) is 5.91 Å². The molecule has 0 saturated heterocycles. The number of nitrogens with two attached hydrogens (primary N) is 1. The number of nitrogens with one attached hydrogen (secondary N) is 2. The van der Waals surface area contributed by atoms with Crippen molar-refractivity contribution in [2.75, 3.05) is 11.1 Å². The number of anilines is 2. The second kappa shape index (κ2) is 8.72. The van der Waals surface area contributed by atoms with Gasteiger partial charge < -0.3 is 16.4 Å². The van der Waals surface area contributed by atoms with Crippen molar-refractivity contribution in [1.82, 2.24) is 5.32 Å². The van der Waals surface area contributed by atoms with Crippen molar-refractivity contribution in [3.05, 3.63) is 59.2 Å². The van der Waals surface area contributed by atoms with Crippen molar-refractivity contribution in [1.29, 1.82) is 0 Å². The molecule has 0 heterocycles. The summed E-state index contributed by atoms with van der Waals surface area (Å²) in [7, 11) is 0. The standard InChI is InChI=1S/C20H23N3O2.ClH/c1-2-19(24)22-16-7-3-6-14(12-16)20(25)23-18-8-4-5-13-11-15(21)9-10-17(13)18;/h3,6-7,9-12,18H,2,4-5,8,21H2,1H3,(H,22,24)(H,23,25);1H. The molecule has 0 radical (unpaired) electrons. The second-order valence-electron chi connectivity index (χ2n) is 6.36. The average Bonchev–Trinajstić information content (AvgIpc) is 2.61. The molecule has 2 aromatic carbocycles. The summed E-state index contributed by atoms with van der Waals surface area (Å²) in [5.74, 6) is -0.210. The number of hydrogen-bond acceptors (Lipinski definition) is 3. The fraction of sp³-hybridized carbons (Fsp3) is 0.300. The predicted octanol–water partition coefficient (Wildman–Crippen LogP) is 3.85. The molecule has 4 N–H and O–H groups in total. The summed E-state index contributed by atoms with van der Waals surface area (Å²) in [5, 5.41) is 5.89. The molecule has 0 fully saturated rings. The quantitative estimate of drug-likeness (QED) is 0.712. The first-order chi connectivity index (χ1) is 12.1. The van der Waals surface area contributed by atoms with Gasteiger partial charge in [0.1, 0.15) is 0 Å². The minimum absolute atomic E-state index is 0. The lowest BCUT2D eigenvalue weighted by atomic mass is 9.87. The van der Waals surface area contributed by atoms with Gasteiger partial charge in [-0.25, -0.2) is 0 Å². The number of benzene rings is 2. The molecule has 2 amide bonds. The number of rotatable bonds is 4. The maximum atomic E-state index is 12.6. The van der Waals surface area contributed by atoms with Gasteiger partial charge in [-0.15, -0.1) is 12.4 Å². The molecule has 0 aromatic heterocycles. The number of halogens is 1. The molecule has 0 saturated carbocycles. The highest BCUT2D eigenvalue weighted by Crippen LogP contribution is 2.31. The van der Waals surface area contributed by atoms with Gasteiger partial charge in [-0.1, -0.05) is 19.1 Å². The molecule has 0 aliphatic heterocycles. The molecule has 0 spiro atoms. The van der Waals surface area contributed by atoms with Gasteiger partial charge in [0.05, 0.1) is 6.04 Å². The summed E-state index contributed by atoms with van der Waals surface area (Å²) in [5.41, 5.74) is 10.1. The van der Waals surface area contributed by atoms with Crippen LogP contribution in [0.1, 0.15) is 53.7 Å². The Labute approximate surface area is 159 Å². The number of amides is 2. The minimum Gasteiger partial charge on any atom is -0.399 e. The Bertz CT molecular complexity index is 807. The zero-order valence-electron chi connectivity index (χ0n) is 14.7. The van der Waals surface area contributed by atoms with E-state index in [0.29, 0.717) is 17.7 Å². The molecule has 1 unspecified atom stereocenters. The van der Waals surface area contributed by atoms with Crippen LogP contribution in [0.15, 0.2) is 42.5 Å². The van der Waals surface area contributed by atoms with Crippen LogP contribution in [-0.4, -0.2) is 11.8 Å². The van der Waals surface area contributed by atoms with Crippen molar-refractivity contribution in [2.24, 2.45) is 0 Å². The monoisotopic (exact) mass is 373 g/mol. The van der Waals surface area contributed by atoms with Gasteiger partial charge in [-0.3, -0.25) is 9.59 Å². The highest BCUT2D eigenvalue weighted by atomic mass is 35.5. The van der Waals surface area contributed by atoms with Gasteiger partial charge >= 0.3 is 0 Å². The Morgan fingerprint density at radius 1 is 1.19 bits per heavy atom. The number of hydrogen-bond donors (Lipinski definition) is 3. The van der Waals surface area contributed by atoms with Crippen LogP contribution in [0.4, 0.5) is 11.4 Å². The molecule has 26 heavy (non-hydrogen) atoms. The molecule has 6 heteroatoms. The topological polar surface area (TPSA) is 84.2 Å². The number of nitrogen functional groups attached to an aromatic ring is 1. The van der Waals surface area contributed by atoms with E-state index < -0.39 is 0 Å². The van der Waals surface area contributed by atoms with Crippen molar-refractivity contribution in [3.8, 4) is 0 Å². The van der Waals surface area contributed by atoms with Crippen molar-refractivity contribution < 1.29 is 9.59 Å². The first kappa shape index (κ1) is 19.8. The predicted molar refractivity (Wildman–Crippen MR) is 107 cm³/mol. The highest BCUT2D eigenvalue weighted by molar-refractivity contribution is 5.97. The fourth-order valence-electron chi connectivity index (χ4n) is 3.21. The van der Waals surface area contributed by atoms with Crippen molar-refractivity contribution in [2.45, 2.75) is 38.6 Å². The molecule has 0 bridgehead atoms. The Kier molecular flexibility index (Phi) is 6.64. The Balaban J connectivity index is 0.00000243. The molecule has 5 nitrogen and oxygen atoms in total. The number of aryl methyl sites for hydroxylation is 1. The van der Waals surface area contributed by atoms with Crippen LogP contribution in [-0.2, 0) is 11.2 Å².